The number of benzene rings is 2. The van der Waals surface area contributed by atoms with Gasteiger partial charge in [-0.25, -0.2) is 8.42 Å². The van der Waals surface area contributed by atoms with Crippen LogP contribution in [0.4, 0.5) is 5.69 Å². The first kappa shape index (κ1) is 22.3. The lowest BCUT2D eigenvalue weighted by Crippen LogP contribution is -2.41. The van der Waals surface area contributed by atoms with Crippen molar-refractivity contribution in [3.05, 3.63) is 58.1 Å². The molecule has 0 saturated heterocycles. The average molecular weight is 445 g/mol. The van der Waals surface area contributed by atoms with Crippen molar-refractivity contribution in [3.63, 3.8) is 0 Å². The molecule has 2 aromatic rings. The van der Waals surface area contributed by atoms with Crippen LogP contribution < -0.4 is 14.4 Å². The van der Waals surface area contributed by atoms with Gasteiger partial charge < -0.3 is 10.1 Å². The Morgan fingerprint density at radius 2 is 1.82 bits per heavy atom. The third-order valence-electron chi connectivity index (χ3n) is 3.96. The van der Waals surface area contributed by atoms with Crippen LogP contribution in [0.1, 0.15) is 25.5 Å². The number of carbonyl (C=O) groups is 1. The Bertz CT molecular complexity index is 933. The molecule has 0 bridgehead atoms. The largest absolute Gasteiger partial charge is 0.494 e. The minimum absolute atomic E-state index is 0.0713. The van der Waals surface area contributed by atoms with Crippen LogP contribution >= 0.6 is 23.2 Å². The molecule has 0 radical (unpaired) electrons. The predicted molar refractivity (Wildman–Crippen MR) is 113 cm³/mol. The monoisotopic (exact) mass is 444 g/mol. The maximum atomic E-state index is 12.5. The normalized spacial score (nSPS) is 12.3. The van der Waals surface area contributed by atoms with E-state index in [4.69, 9.17) is 27.9 Å². The van der Waals surface area contributed by atoms with Crippen LogP contribution in [-0.4, -0.2) is 33.7 Å². The zero-order chi connectivity index (χ0) is 20.9. The average Bonchev–Trinajstić information content (AvgIpc) is 2.62. The number of sulfonamides is 1. The molecule has 1 unspecified atom stereocenters. The van der Waals surface area contributed by atoms with E-state index in [1.165, 1.54) is 6.07 Å². The number of halogens is 2. The fourth-order valence-electron chi connectivity index (χ4n) is 2.59. The van der Waals surface area contributed by atoms with Gasteiger partial charge >= 0.3 is 0 Å². The van der Waals surface area contributed by atoms with Crippen molar-refractivity contribution in [1.29, 1.82) is 0 Å². The molecule has 0 aromatic heterocycles. The summed E-state index contributed by atoms with van der Waals surface area (Å²) in [5, 5.41) is 3.07. The number of nitrogens with one attached hydrogen (secondary N) is 1. The van der Waals surface area contributed by atoms with E-state index in [1.807, 2.05) is 38.1 Å². The molecular formula is C19H22Cl2N2O4S. The third-order valence-corrected chi connectivity index (χ3v) is 5.89. The summed E-state index contributed by atoms with van der Waals surface area (Å²) < 4.78 is 30.8. The van der Waals surface area contributed by atoms with Gasteiger partial charge in [0.15, 0.2) is 0 Å². The Morgan fingerprint density at radius 3 is 2.39 bits per heavy atom. The molecule has 1 amide bonds. The SMILES string of the molecule is CCOc1ccc(C(C)NC(=O)CN(c2cccc(Cl)c2Cl)S(C)(=O)=O)cc1. The molecule has 28 heavy (non-hydrogen) atoms. The van der Waals surface area contributed by atoms with Gasteiger partial charge in [0.1, 0.15) is 12.3 Å². The van der Waals surface area contributed by atoms with Crippen molar-refractivity contribution in [1.82, 2.24) is 5.32 Å². The highest BCUT2D eigenvalue weighted by Crippen LogP contribution is 2.33. The maximum absolute atomic E-state index is 12.5. The van der Waals surface area contributed by atoms with Crippen LogP contribution in [-0.2, 0) is 14.8 Å². The Balaban J connectivity index is 2.14. The van der Waals surface area contributed by atoms with Gasteiger partial charge in [0.2, 0.25) is 15.9 Å². The first-order valence-corrected chi connectivity index (χ1v) is 11.2. The van der Waals surface area contributed by atoms with Crippen molar-refractivity contribution in [2.24, 2.45) is 0 Å². The molecule has 9 heteroatoms. The first-order chi connectivity index (χ1) is 13.1. The molecule has 152 valence electrons. The van der Waals surface area contributed by atoms with E-state index < -0.39 is 22.5 Å². The molecule has 0 saturated carbocycles. The summed E-state index contributed by atoms with van der Waals surface area (Å²) in [7, 11) is -3.75. The molecule has 0 fully saturated rings. The van der Waals surface area contributed by atoms with Gasteiger partial charge in [-0.05, 0) is 43.7 Å². The van der Waals surface area contributed by atoms with Gasteiger partial charge in [-0.3, -0.25) is 9.10 Å². The Morgan fingerprint density at radius 1 is 1.18 bits per heavy atom. The van der Waals surface area contributed by atoms with Crippen molar-refractivity contribution in [3.8, 4) is 5.75 Å². The van der Waals surface area contributed by atoms with Gasteiger partial charge in [0.25, 0.3) is 0 Å². The second kappa shape index (κ2) is 9.49. The quantitative estimate of drug-likeness (QED) is 0.666. The lowest BCUT2D eigenvalue weighted by molar-refractivity contribution is -0.120. The van der Waals surface area contributed by atoms with Gasteiger partial charge in [-0.15, -0.1) is 0 Å². The summed E-state index contributed by atoms with van der Waals surface area (Å²) >= 11 is 12.1. The zero-order valence-electron chi connectivity index (χ0n) is 15.8. The van der Waals surface area contributed by atoms with Crippen LogP contribution in [0.5, 0.6) is 5.75 Å². The highest BCUT2D eigenvalue weighted by Gasteiger charge is 2.24. The summed E-state index contributed by atoms with van der Waals surface area (Å²) in [5.41, 5.74) is 1.02. The van der Waals surface area contributed by atoms with Crippen molar-refractivity contribution in [2.45, 2.75) is 19.9 Å². The lowest BCUT2D eigenvalue weighted by Gasteiger charge is -2.24. The molecule has 0 aliphatic heterocycles. The summed E-state index contributed by atoms with van der Waals surface area (Å²) in [6, 6.07) is 11.6. The molecule has 2 aromatic carbocycles. The van der Waals surface area contributed by atoms with Crippen LogP contribution in [0.3, 0.4) is 0 Å². The number of anilines is 1. The molecule has 0 aliphatic rings. The van der Waals surface area contributed by atoms with E-state index in [1.54, 1.807) is 12.1 Å². The standard InChI is InChI=1S/C19H22Cl2N2O4S/c1-4-27-15-10-8-14(9-11-15)13(2)22-18(24)12-23(28(3,25)26)17-7-5-6-16(20)19(17)21/h5-11,13H,4,12H2,1-3H3,(H,22,24). The number of hydrogen-bond donors (Lipinski definition) is 1. The third kappa shape index (κ3) is 5.77. The van der Waals surface area contributed by atoms with E-state index >= 15 is 0 Å². The maximum Gasteiger partial charge on any atom is 0.241 e. The summed E-state index contributed by atoms with van der Waals surface area (Å²) in [5.74, 6) is 0.270. The summed E-state index contributed by atoms with van der Waals surface area (Å²) in [6.07, 6.45) is 1.01. The van der Waals surface area contributed by atoms with Gasteiger partial charge in [0.05, 0.1) is 34.6 Å². The smallest absolute Gasteiger partial charge is 0.241 e. The fourth-order valence-corrected chi connectivity index (χ4v) is 3.90. The zero-order valence-corrected chi connectivity index (χ0v) is 18.1. The Labute approximate surface area is 175 Å². The van der Waals surface area contributed by atoms with Crippen molar-refractivity contribution in [2.75, 3.05) is 23.7 Å². The number of rotatable bonds is 8. The minimum Gasteiger partial charge on any atom is -0.494 e. The van der Waals surface area contributed by atoms with Crippen LogP contribution in [0, 0.1) is 0 Å². The lowest BCUT2D eigenvalue weighted by atomic mass is 10.1. The van der Waals surface area contributed by atoms with Crippen molar-refractivity contribution >= 4 is 44.8 Å². The summed E-state index contributed by atoms with van der Waals surface area (Å²) in [6.45, 7) is 3.86. The predicted octanol–water partition coefficient (Wildman–Crippen LogP) is 4.04. The van der Waals surface area contributed by atoms with Crippen LogP contribution in [0.25, 0.3) is 0 Å². The van der Waals surface area contributed by atoms with Crippen molar-refractivity contribution < 1.29 is 17.9 Å². The summed E-state index contributed by atoms with van der Waals surface area (Å²) in [4.78, 5) is 12.5. The second-order valence-corrected chi connectivity index (χ2v) is 8.83. The van der Waals surface area contributed by atoms with E-state index in [9.17, 15) is 13.2 Å². The molecule has 0 heterocycles. The van der Waals surface area contributed by atoms with Crippen LogP contribution in [0.15, 0.2) is 42.5 Å². The van der Waals surface area contributed by atoms with Gasteiger partial charge in [-0.1, -0.05) is 41.4 Å². The number of hydrogen-bond acceptors (Lipinski definition) is 4. The molecule has 0 aliphatic carbocycles. The Hall–Kier alpha value is -1.96. The highest BCUT2D eigenvalue weighted by molar-refractivity contribution is 7.92. The van der Waals surface area contributed by atoms with E-state index in [0.717, 1.165) is 21.9 Å². The Kier molecular flexibility index (Phi) is 7.57. The number of ether oxygens (including phenoxy) is 1. The fraction of sp³-hybridized carbons (Fsp3) is 0.316. The van der Waals surface area contributed by atoms with E-state index in [2.05, 4.69) is 5.32 Å². The number of amides is 1. The second-order valence-electron chi connectivity index (χ2n) is 6.13. The first-order valence-electron chi connectivity index (χ1n) is 8.57. The number of carbonyl (C=O) groups excluding carboxylic acids is 1. The molecule has 6 nitrogen and oxygen atoms in total. The topological polar surface area (TPSA) is 75.7 Å². The molecular weight excluding hydrogens is 423 g/mol. The molecule has 0 spiro atoms. The van der Waals surface area contributed by atoms with Gasteiger partial charge in [-0.2, -0.15) is 0 Å². The van der Waals surface area contributed by atoms with E-state index in [0.29, 0.717) is 6.61 Å². The molecule has 1 atom stereocenters. The van der Waals surface area contributed by atoms with Crippen LogP contribution in [0.2, 0.25) is 10.0 Å². The minimum atomic E-state index is -3.75. The van der Waals surface area contributed by atoms with Gasteiger partial charge in [0, 0.05) is 0 Å². The molecule has 2 rings (SSSR count). The molecule has 1 N–H and O–H groups in total. The number of nitrogens with zero attached hydrogens (tertiary/aromatic N) is 1. The highest BCUT2D eigenvalue weighted by atomic mass is 35.5. The van der Waals surface area contributed by atoms with E-state index in [-0.39, 0.29) is 21.8 Å².